The molecule has 18 heavy (non-hydrogen) atoms. The summed E-state index contributed by atoms with van der Waals surface area (Å²) in [6.07, 6.45) is 11.0. The molecule has 2 rings (SSSR count). The van der Waals surface area contributed by atoms with E-state index in [1.165, 1.54) is 16.3 Å². The van der Waals surface area contributed by atoms with Crippen LogP contribution in [0.15, 0.2) is 36.7 Å². The lowest BCUT2D eigenvalue weighted by atomic mass is 10.1. The number of aromatic nitrogens is 1. The summed E-state index contributed by atoms with van der Waals surface area (Å²) in [5.41, 5.74) is 1.23. The van der Waals surface area contributed by atoms with Gasteiger partial charge in [0.05, 0.1) is 0 Å². The topological polar surface area (TPSA) is 24.9 Å². The van der Waals surface area contributed by atoms with Crippen molar-refractivity contribution in [1.82, 2.24) is 10.3 Å². The van der Waals surface area contributed by atoms with Gasteiger partial charge in [0.25, 0.3) is 0 Å². The van der Waals surface area contributed by atoms with Crippen molar-refractivity contribution in [3.63, 3.8) is 0 Å². The number of nitrogens with zero attached hydrogens (tertiary/aromatic N) is 1. The van der Waals surface area contributed by atoms with Crippen LogP contribution in [0.4, 0.5) is 0 Å². The van der Waals surface area contributed by atoms with E-state index < -0.39 is 0 Å². The molecule has 0 bridgehead atoms. The molecule has 0 aliphatic rings. The fourth-order valence-electron chi connectivity index (χ4n) is 2.08. The molecule has 2 heteroatoms. The molecule has 0 fully saturated rings. The van der Waals surface area contributed by atoms with Crippen molar-refractivity contribution in [1.29, 1.82) is 0 Å². The largest absolute Gasteiger partial charge is 0.309 e. The van der Waals surface area contributed by atoms with Crippen molar-refractivity contribution in [2.75, 3.05) is 0 Å². The molecule has 1 unspecified atom stereocenters. The molecule has 0 radical (unpaired) electrons. The van der Waals surface area contributed by atoms with Crippen LogP contribution in [0.2, 0.25) is 0 Å². The summed E-state index contributed by atoms with van der Waals surface area (Å²) in [7, 11) is 0. The molecule has 0 saturated carbocycles. The van der Waals surface area contributed by atoms with Gasteiger partial charge in [-0.05, 0) is 17.4 Å². The summed E-state index contributed by atoms with van der Waals surface area (Å²) in [6, 6.07) is 8.70. The third kappa shape index (κ3) is 2.88. The predicted octanol–water partition coefficient (Wildman–Crippen LogP) is 3.13. The molecule has 92 valence electrons. The van der Waals surface area contributed by atoms with Gasteiger partial charge in [-0.3, -0.25) is 4.98 Å². The van der Waals surface area contributed by atoms with E-state index in [-0.39, 0.29) is 0 Å². The molecule has 2 nitrogen and oxygen atoms in total. The Morgan fingerprint density at radius 3 is 2.94 bits per heavy atom. The molecule has 1 heterocycles. The minimum atomic E-state index is 0.383. The highest BCUT2D eigenvalue weighted by molar-refractivity contribution is 5.84. The molecular formula is C16H18N2. The molecule has 0 saturated heterocycles. The quantitative estimate of drug-likeness (QED) is 0.809. The molecule has 0 aliphatic heterocycles. The summed E-state index contributed by atoms with van der Waals surface area (Å²) in [5.74, 6) is 2.71. The molecular weight excluding hydrogens is 220 g/mol. The van der Waals surface area contributed by atoms with Gasteiger partial charge in [-0.1, -0.05) is 31.2 Å². The first-order chi connectivity index (χ1) is 8.85. The van der Waals surface area contributed by atoms with Crippen LogP contribution >= 0.6 is 0 Å². The third-order valence-corrected chi connectivity index (χ3v) is 3.19. The van der Waals surface area contributed by atoms with Gasteiger partial charge >= 0.3 is 0 Å². The van der Waals surface area contributed by atoms with Crippen LogP contribution in [0.1, 0.15) is 25.3 Å². The van der Waals surface area contributed by atoms with Crippen molar-refractivity contribution >= 4 is 10.8 Å². The number of nitrogens with one attached hydrogen (secondary N) is 1. The molecule has 1 N–H and O–H groups in total. The minimum absolute atomic E-state index is 0.383. The van der Waals surface area contributed by atoms with Gasteiger partial charge in [-0.25, -0.2) is 0 Å². The zero-order chi connectivity index (χ0) is 12.8. The third-order valence-electron chi connectivity index (χ3n) is 3.19. The zero-order valence-electron chi connectivity index (χ0n) is 10.7. The molecule has 0 spiro atoms. The molecule has 2 aromatic rings. The van der Waals surface area contributed by atoms with E-state index in [2.05, 4.69) is 41.3 Å². The van der Waals surface area contributed by atoms with Gasteiger partial charge in [0.2, 0.25) is 0 Å². The summed E-state index contributed by atoms with van der Waals surface area (Å²) < 4.78 is 0. The number of hydrogen-bond acceptors (Lipinski definition) is 2. The van der Waals surface area contributed by atoms with Gasteiger partial charge in [0.15, 0.2) is 0 Å². The lowest BCUT2D eigenvalue weighted by Crippen LogP contribution is -2.27. The van der Waals surface area contributed by atoms with E-state index in [0.29, 0.717) is 6.04 Å². The van der Waals surface area contributed by atoms with E-state index in [0.717, 1.165) is 19.4 Å². The van der Waals surface area contributed by atoms with Crippen LogP contribution in [-0.2, 0) is 6.54 Å². The molecule has 1 aromatic carbocycles. The average molecular weight is 238 g/mol. The standard InChI is InChI=1S/C16H18N2/c1-3-7-15(4-2)18-12-14-11-17-10-13-8-5-6-9-16(13)14/h1,5-6,8-11,15,18H,4,7,12H2,2H3. The maximum absolute atomic E-state index is 5.36. The number of rotatable bonds is 5. The van der Waals surface area contributed by atoms with Crippen molar-refractivity contribution in [3.05, 3.63) is 42.2 Å². The van der Waals surface area contributed by atoms with Gasteiger partial charge in [-0.15, -0.1) is 12.3 Å². The van der Waals surface area contributed by atoms with E-state index in [4.69, 9.17) is 6.42 Å². The highest BCUT2D eigenvalue weighted by Gasteiger charge is 2.05. The van der Waals surface area contributed by atoms with Gasteiger partial charge in [-0.2, -0.15) is 0 Å². The van der Waals surface area contributed by atoms with Crippen molar-refractivity contribution < 1.29 is 0 Å². The summed E-state index contributed by atoms with van der Waals surface area (Å²) in [5, 5.41) is 5.94. The molecule has 0 amide bonds. The maximum atomic E-state index is 5.36. The van der Waals surface area contributed by atoms with Gasteiger partial charge in [0, 0.05) is 36.8 Å². The zero-order valence-corrected chi connectivity index (χ0v) is 10.7. The number of terminal acetylenes is 1. The highest BCUT2D eigenvalue weighted by atomic mass is 14.9. The number of hydrogen-bond donors (Lipinski definition) is 1. The Hall–Kier alpha value is -1.85. The maximum Gasteiger partial charge on any atom is 0.0346 e. The monoisotopic (exact) mass is 238 g/mol. The minimum Gasteiger partial charge on any atom is -0.309 e. The second-order valence-electron chi connectivity index (χ2n) is 4.41. The number of pyridine rings is 1. The lowest BCUT2D eigenvalue weighted by molar-refractivity contribution is 0.507. The van der Waals surface area contributed by atoms with E-state index >= 15 is 0 Å². The van der Waals surface area contributed by atoms with Crippen LogP contribution in [0.5, 0.6) is 0 Å². The Kier molecular flexibility index (Phi) is 4.33. The van der Waals surface area contributed by atoms with Crippen molar-refractivity contribution in [2.45, 2.75) is 32.4 Å². The van der Waals surface area contributed by atoms with Crippen molar-refractivity contribution in [3.8, 4) is 12.3 Å². The second kappa shape index (κ2) is 6.18. The van der Waals surface area contributed by atoms with E-state index in [9.17, 15) is 0 Å². The first-order valence-corrected chi connectivity index (χ1v) is 6.33. The van der Waals surface area contributed by atoms with Crippen LogP contribution in [0.25, 0.3) is 10.8 Å². The second-order valence-corrected chi connectivity index (χ2v) is 4.41. The van der Waals surface area contributed by atoms with Gasteiger partial charge < -0.3 is 5.32 Å². The van der Waals surface area contributed by atoms with Crippen LogP contribution in [0.3, 0.4) is 0 Å². The smallest absolute Gasteiger partial charge is 0.0346 e. The van der Waals surface area contributed by atoms with Gasteiger partial charge in [0.1, 0.15) is 0 Å². The Morgan fingerprint density at radius 2 is 2.17 bits per heavy atom. The fraction of sp³-hybridized carbons (Fsp3) is 0.312. The Balaban J connectivity index is 2.14. The SMILES string of the molecule is C#CCC(CC)NCc1cncc2ccccc12. The van der Waals surface area contributed by atoms with Crippen LogP contribution < -0.4 is 5.32 Å². The number of fused-ring (bicyclic) bond motifs is 1. The van der Waals surface area contributed by atoms with Crippen molar-refractivity contribution in [2.24, 2.45) is 0 Å². The first-order valence-electron chi connectivity index (χ1n) is 6.33. The normalized spacial score (nSPS) is 12.2. The first kappa shape index (κ1) is 12.6. The molecule has 1 aromatic heterocycles. The Morgan fingerprint density at radius 1 is 1.33 bits per heavy atom. The van der Waals surface area contributed by atoms with Crippen LogP contribution in [0, 0.1) is 12.3 Å². The number of benzene rings is 1. The highest BCUT2D eigenvalue weighted by Crippen LogP contribution is 2.17. The molecule has 0 aliphatic carbocycles. The Bertz CT molecular complexity index is 549. The van der Waals surface area contributed by atoms with E-state index in [1.807, 2.05) is 18.5 Å². The fourth-order valence-corrected chi connectivity index (χ4v) is 2.08. The predicted molar refractivity (Wildman–Crippen MR) is 76.1 cm³/mol. The summed E-state index contributed by atoms with van der Waals surface area (Å²) >= 11 is 0. The lowest BCUT2D eigenvalue weighted by Gasteiger charge is -2.15. The summed E-state index contributed by atoms with van der Waals surface area (Å²) in [4.78, 5) is 4.28. The molecule has 1 atom stereocenters. The van der Waals surface area contributed by atoms with Crippen LogP contribution in [-0.4, -0.2) is 11.0 Å². The Labute approximate surface area is 108 Å². The summed E-state index contributed by atoms with van der Waals surface area (Å²) in [6.45, 7) is 2.96. The average Bonchev–Trinajstić information content (AvgIpc) is 2.43. The van der Waals surface area contributed by atoms with E-state index in [1.54, 1.807) is 0 Å².